The average Bonchev–Trinajstić information content (AvgIpc) is 3.05. The van der Waals surface area contributed by atoms with Crippen molar-refractivity contribution < 1.29 is 9.53 Å². The highest BCUT2D eigenvalue weighted by Crippen LogP contribution is 2.36. The zero-order valence-corrected chi connectivity index (χ0v) is 15.3. The molecule has 1 aliphatic heterocycles. The molecule has 1 heterocycles. The van der Waals surface area contributed by atoms with Crippen LogP contribution in [0.5, 0.6) is 5.75 Å². The first-order valence-electron chi connectivity index (χ1n) is 9.01. The van der Waals surface area contributed by atoms with Crippen molar-refractivity contribution in [2.75, 3.05) is 18.4 Å². The van der Waals surface area contributed by atoms with Gasteiger partial charge < -0.3 is 15.4 Å². The van der Waals surface area contributed by atoms with Gasteiger partial charge in [0.2, 0.25) is 5.91 Å². The summed E-state index contributed by atoms with van der Waals surface area (Å²) in [4.78, 5) is 11.0. The number of fused-ring (bicyclic) bond motifs is 1. The van der Waals surface area contributed by atoms with Gasteiger partial charge in [0.15, 0.2) is 0 Å². The van der Waals surface area contributed by atoms with Gasteiger partial charge in [0.1, 0.15) is 12.4 Å². The van der Waals surface area contributed by atoms with Crippen molar-refractivity contribution in [3.8, 4) is 5.75 Å². The summed E-state index contributed by atoms with van der Waals surface area (Å²) < 4.78 is 5.91. The van der Waals surface area contributed by atoms with Crippen LogP contribution in [0.25, 0.3) is 0 Å². The van der Waals surface area contributed by atoms with Gasteiger partial charge in [0.25, 0.3) is 0 Å². The van der Waals surface area contributed by atoms with E-state index in [4.69, 9.17) is 4.74 Å². The van der Waals surface area contributed by atoms with Crippen molar-refractivity contribution in [1.82, 2.24) is 5.32 Å². The SMILES string of the molecule is CC.CC(=O)NCCC1CNc2ccc(OCc3ccccc3)cc21. The molecule has 2 aromatic carbocycles. The fraction of sp³-hybridized carbons (Fsp3) is 0.381. The molecule has 4 nitrogen and oxygen atoms in total. The normalized spacial score (nSPS) is 14.6. The van der Waals surface area contributed by atoms with Crippen molar-refractivity contribution in [2.45, 2.75) is 39.7 Å². The molecule has 0 saturated carbocycles. The molecule has 0 spiro atoms. The first-order chi connectivity index (χ1) is 12.2. The predicted molar refractivity (Wildman–Crippen MR) is 103 cm³/mol. The maximum Gasteiger partial charge on any atom is 0.216 e. The Morgan fingerprint density at radius 3 is 2.68 bits per heavy atom. The molecule has 1 atom stereocenters. The smallest absolute Gasteiger partial charge is 0.216 e. The van der Waals surface area contributed by atoms with Crippen molar-refractivity contribution in [3.05, 3.63) is 59.7 Å². The van der Waals surface area contributed by atoms with E-state index in [1.54, 1.807) is 6.92 Å². The molecule has 1 amide bonds. The maximum absolute atomic E-state index is 11.0. The Hall–Kier alpha value is -2.49. The molecule has 2 N–H and O–H groups in total. The Labute approximate surface area is 150 Å². The average molecular weight is 340 g/mol. The van der Waals surface area contributed by atoms with Gasteiger partial charge in [-0.2, -0.15) is 0 Å². The Balaban J connectivity index is 0.00000109. The van der Waals surface area contributed by atoms with E-state index in [2.05, 4.69) is 34.9 Å². The Morgan fingerprint density at radius 1 is 1.20 bits per heavy atom. The van der Waals surface area contributed by atoms with Crippen molar-refractivity contribution in [3.63, 3.8) is 0 Å². The number of benzene rings is 2. The minimum Gasteiger partial charge on any atom is -0.489 e. The molecule has 134 valence electrons. The first kappa shape index (κ1) is 18.8. The second-order valence-electron chi connectivity index (χ2n) is 5.87. The zero-order valence-electron chi connectivity index (χ0n) is 15.3. The monoisotopic (exact) mass is 340 g/mol. The van der Waals surface area contributed by atoms with Gasteiger partial charge in [0.05, 0.1) is 0 Å². The summed E-state index contributed by atoms with van der Waals surface area (Å²) in [5.74, 6) is 1.33. The molecule has 0 aliphatic carbocycles. The molecule has 4 heteroatoms. The highest BCUT2D eigenvalue weighted by molar-refractivity contribution is 5.72. The van der Waals surface area contributed by atoms with E-state index in [1.165, 1.54) is 11.3 Å². The molecule has 1 aliphatic rings. The fourth-order valence-corrected chi connectivity index (χ4v) is 2.89. The number of nitrogens with one attached hydrogen (secondary N) is 2. The summed E-state index contributed by atoms with van der Waals surface area (Å²) >= 11 is 0. The molecule has 0 bridgehead atoms. The van der Waals surface area contributed by atoms with Crippen LogP contribution in [0.15, 0.2) is 48.5 Å². The van der Waals surface area contributed by atoms with Gasteiger partial charge in [0, 0.05) is 31.6 Å². The van der Waals surface area contributed by atoms with Crippen LogP contribution in [0.1, 0.15) is 44.2 Å². The largest absolute Gasteiger partial charge is 0.489 e. The van der Waals surface area contributed by atoms with Crippen LogP contribution in [0.2, 0.25) is 0 Å². The van der Waals surface area contributed by atoms with Gasteiger partial charge in [-0.25, -0.2) is 0 Å². The minimum absolute atomic E-state index is 0.0242. The van der Waals surface area contributed by atoms with Crippen LogP contribution in [-0.2, 0) is 11.4 Å². The Kier molecular flexibility index (Phi) is 7.33. The van der Waals surface area contributed by atoms with Gasteiger partial charge in [-0.3, -0.25) is 4.79 Å². The lowest BCUT2D eigenvalue weighted by Crippen LogP contribution is -2.22. The standard InChI is InChI=1S/C19H22N2O2.C2H6/c1-14(22)20-10-9-16-12-21-19-8-7-17(11-18(16)19)23-13-15-5-3-2-4-6-15;1-2/h2-8,11,16,21H,9-10,12-13H2,1H3,(H,20,22);1-2H3. The van der Waals surface area contributed by atoms with Crippen molar-refractivity contribution in [2.24, 2.45) is 0 Å². The number of anilines is 1. The highest BCUT2D eigenvalue weighted by Gasteiger charge is 2.22. The zero-order chi connectivity index (χ0) is 18.1. The number of hydrogen-bond donors (Lipinski definition) is 2. The summed E-state index contributed by atoms with van der Waals surface area (Å²) in [6.45, 7) is 7.74. The summed E-state index contributed by atoms with van der Waals surface area (Å²) in [6.07, 6.45) is 0.932. The van der Waals surface area contributed by atoms with E-state index in [0.29, 0.717) is 19.1 Å². The molecule has 0 aromatic heterocycles. The maximum atomic E-state index is 11.0. The minimum atomic E-state index is 0.0242. The highest BCUT2D eigenvalue weighted by atomic mass is 16.5. The van der Waals surface area contributed by atoms with Gasteiger partial charge in [-0.1, -0.05) is 44.2 Å². The van der Waals surface area contributed by atoms with E-state index >= 15 is 0 Å². The topological polar surface area (TPSA) is 50.4 Å². The third-order valence-corrected chi connectivity index (χ3v) is 4.12. The number of amides is 1. The molecular weight excluding hydrogens is 312 g/mol. The fourth-order valence-electron chi connectivity index (χ4n) is 2.89. The van der Waals surface area contributed by atoms with Crippen molar-refractivity contribution >= 4 is 11.6 Å². The van der Waals surface area contributed by atoms with Gasteiger partial charge in [-0.15, -0.1) is 0 Å². The third kappa shape index (κ3) is 5.52. The lowest BCUT2D eigenvalue weighted by atomic mass is 9.97. The number of ether oxygens (including phenoxy) is 1. The van der Waals surface area contributed by atoms with Gasteiger partial charge in [-0.05, 0) is 35.7 Å². The molecule has 1 unspecified atom stereocenters. The Bertz CT molecular complexity index is 671. The van der Waals surface area contributed by atoms with Crippen LogP contribution in [0, 0.1) is 0 Å². The van der Waals surface area contributed by atoms with Gasteiger partial charge >= 0.3 is 0 Å². The summed E-state index contributed by atoms with van der Waals surface area (Å²) in [5.41, 5.74) is 3.61. The van der Waals surface area contributed by atoms with E-state index in [1.807, 2.05) is 38.1 Å². The first-order valence-corrected chi connectivity index (χ1v) is 9.01. The summed E-state index contributed by atoms with van der Waals surface area (Å²) in [5, 5.41) is 6.29. The van der Waals surface area contributed by atoms with Crippen LogP contribution in [0.3, 0.4) is 0 Å². The molecular formula is C21H28N2O2. The Morgan fingerprint density at radius 2 is 1.96 bits per heavy atom. The molecule has 2 aromatic rings. The van der Waals surface area contributed by atoms with Crippen LogP contribution in [-0.4, -0.2) is 19.0 Å². The number of carbonyl (C=O) groups is 1. The second-order valence-corrected chi connectivity index (χ2v) is 5.87. The predicted octanol–water partition coefficient (Wildman–Crippen LogP) is 4.33. The van der Waals surface area contributed by atoms with E-state index in [9.17, 15) is 4.79 Å². The summed E-state index contributed by atoms with van der Waals surface area (Å²) in [6, 6.07) is 16.4. The lowest BCUT2D eigenvalue weighted by Gasteiger charge is -2.12. The molecule has 25 heavy (non-hydrogen) atoms. The lowest BCUT2D eigenvalue weighted by molar-refractivity contribution is -0.118. The van der Waals surface area contributed by atoms with Crippen LogP contribution >= 0.6 is 0 Å². The number of rotatable bonds is 6. The van der Waals surface area contributed by atoms with E-state index in [0.717, 1.165) is 24.3 Å². The molecule has 3 rings (SSSR count). The molecule has 0 fully saturated rings. The van der Waals surface area contributed by atoms with Crippen LogP contribution in [0.4, 0.5) is 5.69 Å². The molecule has 0 saturated heterocycles. The second kappa shape index (κ2) is 9.72. The number of carbonyl (C=O) groups excluding carboxylic acids is 1. The quantitative estimate of drug-likeness (QED) is 0.823. The van der Waals surface area contributed by atoms with Crippen molar-refractivity contribution in [1.29, 1.82) is 0 Å². The third-order valence-electron chi connectivity index (χ3n) is 4.12. The molecule has 0 radical (unpaired) electrons. The van der Waals surface area contributed by atoms with E-state index in [-0.39, 0.29) is 5.91 Å². The van der Waals surface area contributed by atoms with E-state index < -0.39 is 0 Å². The summed E-state index contributed by atoms with van der Waals surface area (Å²) in [7, 11) is 0. The number of hydrogen-bond acceptors (Lipinski definition) is 3. The van der Waals surface area contributed by atoms with Crippen LogP contribution < -0.4 is 15.4 Å².